The van der Waals surface area contributed by atoms with E-state index >= 15 is 0 Å². The first-order valence-electron chi connectivity index (χ1n) is 10.2. The first-order valence-corrected chi connectivity index (χ1v) is 10.2. The zero-order valence-corrected chi connectivity index (χ0v) is 17.5. The second kappa shape index (κ2) is 10.3. The summed E-state index contributed by atoms with van der Waals surface area (Å²) in [5, 5.41) is 9.42. The molecule has 0 saturated heterocycles. The Kier molecular flexibility index (Phi) is 6.79. The van der Waals surface area contributed by atoms with E-state index in [0.717, 1.165) is 5.69 Å². The Morgan fingerprint density at radius 2 is 1.85 bits per heavy atom. The van der Waals surface area contributed by atoms with Crippen molar-refractivity contribution in [3.05, 3.63) is 95.9 Å². The Balaban J connectivity index is 1.29. The monoisotopic (exact) mass is 445 g/mol. The summed E-state index contributed by atoms with van der Waals surface area (Å²) in [6.45, 7) is 0.306. The van der Waals surface area contributed by atoms with Crippen molar-refractivity contribution in [1.29, 1.82) is 0 Å². The van der Waals surface area contributed by atoms with Gasteiger partial charge in [-0.15, -0.1) is 0 Å². The van der Waals surface area contributed by atoms with Crippen LogP contribution in [-0.4, -0.2) is 26.9 Å². The van der Waals surface area contributed by atoms with E-state index in [1.165, 1.54) is 12.1 Å². The number of aryl methyl sites for hydroxylation is 1. The van der Waals surface area contributed by atoms with E-state index < -0.39 is 0 Å². The highest BCUT2D eigenvalue weighted by atomic mass is 19.1. The average Bonchev–Trinajstić information content (AvgIpc) is 3.32. The van der Waals surface area contributed by atoms with Gasteiger partial charge in [-0.05, 0) is 54.6 Å². The molecule has 9 heteroatoms. The fraction of sp³-hybridized carbons (Fsp3) is 0.125. The minimum absolute atomic E-state index is 0.112. The highest BCUT2D eigenvalue weighted by Crippen LogP contribution is 2.17. The molecule has 2 N–H and O–H groups in total. The zero-order chi connectivity index (χ0) is 23.0. The third-order valence-electron chi connectivity index (χ3n) is 4.70. The van der Waals surface area contributed by atoms with Crippen LogP contribution in [0, 0.1) is 5.82 Å². The van der Waals surface area contributed by atoms with Gasteiger partial charge in [-0.3, -0.25) is 14.6 Å². The van der Waals surface area contributed by atoms with Crippen molar-refractivity contribution in [2.45, 2.75) is 19.4 Å². The molecule has 2 heterocycles. The molecule has 0 aliphatic rings. The Morgan fingerprint density at radius 3 is 2.64 bits per heavy atom. The van der Waals surface area contributed by atoms with Crippen LogP contribution in [-0.2, 0) is 17.8 Å². The lowest BCUT2D eigenvalue weighted by Crippen LogP contribution is -2.23. The van der Waals surface area contributed by atoms with Crippen molar-refractivity contribution < 1.29 is 18.5 Å². The van der Waals surface area contributed by atoms with Crippen molar-refractivity contribution in [2.24, 2.45) is 0 Å². The SMILES string of the molecule is O=C(CCc1nc(-c2ccc(F)cc2)no1)Nc1cccc(C(=O)NCc2ccccn2)c1. The van der Waals surface area contributed by atoms with Gasteiger partial charge in [-0.2, -0.15) is 4.98 Å². The molecule has 2 aromatic heterocycles. The summed E-state index contributed by atoms with van der Waals surface area (Å²) in [5.41, 5.74) is 2.29. The van der Waals surface area contributed by atoms with Crippen LogP contribution in [0.1, 0.15) is 28.4 Å². The molecule has 8 nitrogen and oxygen atoms in total. The topological polar surface area (TPSA) is 110 Å². The lowest BCUT2D eigenvalue weighted by Gasteiger charge is -2.08. The Hall–Kier alpha value is -4.40. The maximum absolute atomic E-state index is 13.0. The molecule has 2 amide bonds. The fourth-order valence-corrected chi connectivity index (χ4v) is 3.03. The first-order chi connectivity index (χ1) is 16.1. The van der Waals surface area contributed by atoms with Crippen LogP contribution in [0.25, 0.3) is 11.4 Å². The van der Waals surface area contributed by atoms with Crippen LogP contribution in [0.15, 0.2) is 77.4 Å². The van der Waals surface area contributed by atoms with E-state index in [0.29, 0.717) is 35.1 Å². The molecule has 166 valence electrons. The van der Waals surface area contributed by atoms with Gasteiger partial charge in [0.25, 0.3) is 5.91 Å². The van der Waals surface area contributed by atoms with Gasteiger partial charge in [-0.25, -0.2) is 4.39 Å². The summed E-state index contributed by atoms with van der Waals surface area (Å²) in [5.74, 6) is -0.255. The number of rotatable bonds is 8. The summed E-state index contributed by atoms with van der Waals surface area (Å²) in [7, 11) is 0. The predicted molar refractivity (Wildman–Crippen MR) is 118 cm³/mol. The number of nitrogens with one attached hydrogen (secondary N) is 2. The standard InChI is InChI=1S/C24H20FN5O3/c25-18-9-7-16(8-10-18)23-29-22(33-30-23)12-11-21(31)28-19-6-3-4-17(14-19)24(32)27-15-20-5-1-2-13-26-20/h1-10,13-14H,11-12,15H2,(H,27,32)(H,28,31). The first kappa shape index (κ1) is 21.8. The molecule has 0 fully saturated rings. The second-order valence-corrected chi connectivity index (χ2v) is 7.15. The maximum Gasteiger partial charge on any atom is 0.251 e. The van der Waals surface area contributed by atoms with Gasteiger partial charge in [0.1, 0.15) is 5.82 Å². The van der Waals surface area contributed by atoms with Gasteiger partial charge in [0.15, 0.2) is 0 Å². The number of nitrogens with zero attached hydrogens (tertiary/aromatic N) is 3. The van der Waals surface area contributed by atoms with Gasteiger partial charge in [0.2, 0.25) is 17.6 Å². The summed E-state index contributed by atoms with van der Waals surface area (Å²) in [4.78, 5) is 33.1. The maximum atomic E-state index is 13.0. The Bertz CT molecular complexity index is 1240. The molecule has 2 aromatic carbocycles. The van der Waals surface area contributed by atoms with Crippen LogP contribution >= 0.6 is 0 Å². The van der Waals surface area contributed by atoms with E-state index in [9.17, 15) is 14.0 Å². The van der Waals surface area contributed by atoms with Crippen LogP contribution in [0.2, 0.25) is 0 Å². The molecule has 0 aliphatic carbocycles. The predicted octanol–water partition coefficient (Wildman–Crippen LogP) is 3.77. The lowest BCUT2D eigenvalue weighted by atomic mass is 10.1. The number of hydrogen-bond donors (Lipinski definition) is 2. The number of pyridine rings is 1. The van der Waals surface area contributed by atoms with Gasteiger partial charge < -0.3 is 15.2 Å². The van der Waals surface area contributed by atoms with Crippen LogP contribution < -0.4 is 10.6 Å². The molecular weight excluding hydrogens is 425 g/mol. The second-order valence-electron chi connectivity index (χ2n) is 7.15. The lowest BCUT2D eigenvalue weighted by molar-refractivity contribution is -0.116. The van der Waals surface area contributed by atoms with E-state index in [2.05, 4.69) is 25.8 Å². The van der Waals surface area contributed by atoms with Crippen molar-refractivity contribution >= 4 is 17.5 Å². The molecule has 0 bridgehead atoms. The molecule has 0 spiro atoms. The summed E-state index contributed by atoms with van der Waals surface area (Å²) in [6, 6.07) is 17.9. The van der Waals surface area contributed by atoms with Crippen LogP contribution in [0.5, 0.6) is 0 Å². The molecule has 0 saturated carbocycles. The van der Waals surface area contributed by atoms with E-state index in [1.807, 2.05) is 12.1 Å². The number of amides is 2. The fourth-order valence-electron chi connectivity index (χ4n) is 3.03. The molecule has 0 aliphatic heterocycles. The number of halogens is 1. The normalized spacial score (nSPS) is 10.6. The molecule has 4 aromatic rings. The minimum Gasteiger partial charge on any atom is -0.346 e. The van der Waals surface area contributed by atoms with Gasteiger partial charge in [-0.1, -0.05) is 17.3 Å². The van der Waals surface area contributed by atoms with Crippen molar-refractivity contribution in [3.63, 3.8) is 0 Å². The molecule has 33 heavy (non-hydrogen) atoms. The number of carbonyl (C=O) groups excluding carboxylic acids is 2. The molecule has 0 atom stereocenters. The van der Waals surface area contributed by atoms with Gasteiger partial charge in [0, 0.05) is 35.9 Å². The van der Waals surface area contributed by atoms with Gasteiger partial charge in [0.05, 0.1) is 12.2 Å². The Labute approximate surface area is 188 Å². The molecular formula is C24H20FN5O3. The van der Waals surface area contributed by atoms with Crippen molar-refractivity contribution in [2.75, 3.05) is 5.32 Å². The Morgan fingerprint density at radius 1 is 1.00 bits per heavy atom. The number of aromatic nitrogens is 3. The van der Waals surface area contributed by atoms with Crippen LogP contribution in [0.3, 0.4) is 0 Å². The highest BCUT2D eigenvalue weighted by Gasteiger charge is 2.12. The largest absolute Gasteiger partial charge is 0.346 e. The highest BCUT2D eigenvalue weighted by molar-refractivity contribution is 5.97. The number of carbonyl (C=O) groups is 2. The van der Waals surface area contributed by atoms with E-state index in [1.54, 1.807) is 48.7 Å². The van der Waals surface area contributed by atoms with Crippen molar-refractivity contribution in [3.8, 4) is 11.4 Å². The minimum atomic E-state index is -0.353. The third kappa shape index (κ3) is 6.07. The van der Waals surface area contributed by atoms with Crippen molar-refractivity contribution in [1.82, 2.24) is 20.4 Å². The van der Waals surface area contributed by atoms with Gasteiger partial charge >= 0.3 is 0 Å². The summed E-state index contributed by atoms with van der Waals surface area (Å²) >= 11 is 0. The number of benzene rings is 2. The summed E-state index contributed by atoms with van der Waals surface area (Å²) < 4.78 is 18.2. The smallest absolute Gasteiger partial charge is 0.251 e. The zero-order valence-electron chi connectivity index (χ0n) is 17.5. The quantitative estimate of drug-likeness (QED) is 0.427. The van der Waals surface area contributed by atoms with E-state index in [-0.39, 0.29) is 30.5 Å². The van der Waals surface area contributed by atoms with E-state index in [4.69, 9.17) is 4.52 Å². The molecule has 0 radical (unpaired) electrons. The summed E-state index contributed by atoms with van der Waals surface area (Å²) in [6.07, 6.45) is 2.01. The number of hydrogen-bond acceptors (Lipinski definition) is 6. The third-order valence-corrected chi connectivity index (χ3v) is 4.70. The van der Waals surface area contributed by atoms with Crippen LogP contribution in [0.4, 0.5) is 10.1 Å². The number of anilines is 1. The molecule has 0 unspecified atom stereocenters. The molecule has 4 rings (SSSR count). The average molecular weight is 445 g/mol.